The van der Waals surface area contributed by atoms with Gasteiger partial charge in [-0.1, -0.05) is 80.1 Å². The molecule has 2 atom stereocenters. The van der Waals surface area contributed by atoms with Gasteiger partial charge < -0.3 is 31.7 Å². The zero-order valence-corrected chi connectivity index (χ0v) is 24.7. The van der Waals surface area contributed by atoms with E-state index in [0.29, 0.717) is 12.1 Å². The van der Waals surface area contributed by atoms with Crippen molar-refractivity contribution < 1.29 is 23.9 Å². The number of rotatable bonds is 12. The molecule has 0 radical (unpaired) electrons. The number of primary amides is 1. The van der Waals surface area contributed by atoms with Crippen molar-refractivity contribution in [2.45, 2.75) is 51.6 Å². The Balaban J connectivity index is 1.39. The Hall–Kier alpha value is -4.86. The highest BCUT2D eigenvalue weighted by atomic mass is 16.5. The number of anilines is 1. The lowest BCUT2D eigenvalue weighted by atomic mass is 9.98. The van der Waals surface area contributed by atoms with Gasteiger partial charge >= 0.3 is 12.1 Å². The van der Waals surface area contributed by atoms with Crippen LogP contribution in [0.1, 0.15) is 49.3 Å². The number of carbonyl (C=O) groups is 4. The van der Waals surface area contributed by atoms with Gasteiger partial charge in [0.1, 0.15) is 18.7 Å². The second-order valence-corrected chi connectivity index (χ2v) is 11.0. The molecule has 0 bridgehead atoms. The second kappa shape index (κ2) is 14.4. The number of fused-ring (bicyclic) bond motifs is 3. The summed E-state index contributed by atoms with van der Waals surface area (Å²) in [5.41, 5.74) is 11.2. The highest BCUT2D eigenvalue weighted by Crippen LogP contribution is 2.44. The molecule has 0 unspecified atom stereocenters. The van der Waals surface area contributed by atoms with Crippen molar-refractivity contribution in [1.29, 1.82) is 0 Å². The minimum Gasteiger partial charge on any atom is -0.449 e. The summed E-state index contributed by atoms with van der Waals surface area (Å²) in [5, 5.41) is 10.8. The van der Waals surface area contributed by atoms with Gasteiger partial charge in [0.15, 0.2) is 0 Å². The largest absolute Gasteiger partial charge is 0.449 e. The fourth-order valence-corrected chi connectivity index (χ4v) is 5.22. The number of urea groups is 1. The van der Waals surface area contributed by atoms with Crippen molar-refractivity contribution in [2.75, 3.05) is 18.5 Å². The summed E-state index contributed by atoms with van der Waals surface area (Å²) in [4.78, 5) is 50.6. The van der Waals surface area contributed by atoms with Crippen molar-refractivity contribution in [2.24, 2.45) is 11.7 Å². The molecule has 10 nitrogen and oxygen atoms in total. The predicted octanol–water partition coefficient (Wildman–Crippen LogP) is 4.43. The first-order valence-electron chi connectivity index (χ1n) is 14.5. The topological polar surface area (TPSA) is 152 Å². The van der Waals surface area contributed by atoms with Gasteiger partial charge in [-0.05, 0) is 60.1 Å². The molecule has 0 saturated heterocycles. The Morgan fingerprint density at radius 1 is 0.837 bits per heavy atom. The van der Waals surface area contributed by atoms with E-state index in [0.717, 1.165) is 27.8 Å². The number of aryl methyl sites for hydroxylation is 1. The molecule has 0 heterocycles. The van der Waals surface area contributed by atoms with Gasteiger partial charge in [-0.2, -0.15) is 0 Å². The molecule has 1 aliphatic carbocycles. The number of alkyl carbamates (subject to hydrolysis) is 1. The van der Waals surface area contributed by atoms with Crippen LogP contribution in [-0.2, 0) is 14.3 Å². The standard InChI is InChI=1S/C33H39N5O5/c1-20(2)29(38-33(42)43-19-27-25-11-6-4-9-23(25)24-10-5-7-12-26(24)27)31(40)37-28(13-8-18-35-32(34)41)30(39)36-22-16-14-21(3)15-17-22/h4-7,9-12,14-17,20,27-29H,8,13,18-19H2,1-3H3,(H,36,39)(H,37,40)(H,38,42)(H3,34,35,41)/t28-,29-/m0/s1. The summed E-state index contributed by atoms with van der Waals surface area (Å²) in [6, 6.07) is 20.8. The summed E-state index contributed by atoms with van der Waals surface area (Å²) in [6.45, 7) is 5.89. The minimum absolute atomic E-state index is 0.112. The first-order valence-corrected chi connectivity index (χ1v) is 14.5. The smallest absolute Gasteiger partial charge is 0.407 e. The Morgan fingerprint density at radius 2 is 1.44 bits per heavy atom. The van der Waals surface area contributed by atoms with Crippen LogP contribution in [0.25, 0.3) is 11.1 Å². The first kappa shape index (κ1) is 31.1. The predicted molar refractivity (Wildman–Crippen MR) is 165 cm³/mol. The zero-order valence-electron chi connectivity index (χ0n) is 24.7. The normalized spacial score (nSPS) is 13.3. The third-order valence-corrected chi connectivity index (χ3v) is 7.49. The van der Waals surface area contributed by atoms with Crippen molar-refractivity contribution in [1.82, 2.24) is 16.0 Å². The molecular formula is C33H39N5O5. The lowest BCUT2D eigenvalue weighted by Gasteiger charge is -2.25. The molecule has 0 fully saturated rings. The summed E-state index contributed by atoms with van der Waals surface area (Å²) >= 11 is 0. The Bertz CT molecular complexity index is 1410. The average molecular weight is 586 g/mol. The molecule has 1 aliphatic rings. The molecule has 6 N–H and O–H groups in total. The van der Waals surface area contributed by atoms with Gasteiger partial charge in [-0.3, -0.25) is 9.59 Å². The van der Waals surface area contributed by atoms with Crippen LogP contribution in [0.4, 0.5) is 15.3 Å². The molecule has 43 heavy (non-hydrogen) atoms. The number of ether oxygens (including phenoxy) is 1. The van der Waals surface area contributed by atoms with Crippen molar-refractivity contribution in [3.8, 4) is 11.1 Å². The Kier molecular flexibility index (Phi) is 10.4. The Labute approximate surface area is 251 Å². The van der Waals surface area contributed by atoms with Crippen LogP contribution >= 0.6 is 0 Å². The molecule has 3 aromatic rings. The third kappa shape index (κ3) is 8.12. The van der Waals surface area contributed by atoms with E-state index >= 15 is 0 Å². The van der Waals surface area contributed by atoms with E-state index in [-0.39, 0.29) is 31.4 Å². The summed E-state index contributed by atoms with van der Waals surface area (Å²) in [7, 11) is 0. The minimum atomic E-state index is -0.950. The fourth-order valence-electron chi connectivity index (χ4n) is 5.22. The number of nitrogens with two attached hydrogens (primary N) is 1. The van der Waals surface area contributed by atoms with Gasteiger partial charge in [0.05, 0.1) is 0 Å². The second-order valence-electron chi connectivity index (χ2n) is 11.0. The van der Waals surface area contributed by atoms with E-state index in [4.69, 9.17) is 10.5 Å². The number of benzene rings is 3. The molecule has 0 spiro atoms. The lowest BCUT2D eigenvalue weighted by Crippen LogP contribution is -2.54. The molecule has 5 amide bonds. The van der Waals surface area contributed by atoms with E-state index in [1.165, 1.54) is 0 Å². The first-order chi connectivity index (χ1) is 20.6. The van der Waals surface area contributed by atoms with Gasteiger partial charge in [0.25, 0.3) is 0 Å². The quantitative estimate of drug-likeness (QED) is 0.199. The zero-order chi connectivity index (χ0) is 30.9. The van der Waals surface area contributed by atoms with Crippen LogP contribution in [0.5, 0.6) is 0 Å². The van der Waals surface area contributed by atoms with Gasteiger partial charge in [-0.25, -0.2) is 9.59 Å². The number of hydrogen-bond donors (Lipinski definition) is 5. The van der Waals surface area contributed by atoms with Crippen LogP contribution in [-0.4, -0.2) is 49.2 Å². The molecule has 10 heteroatoms. The lowest BCUT2D eigenvalue weighted by molar-refractivity contribution is -0.128. The fraction of sp³-hybridized carbons (Fsp3) is 0.333. The molecule has 3 aromatic carbocycles. The maximum absolute atomic E-state index is 13.4. The van der Waals surface area contributed by atoms with Gasteiger partial charge in [0, 0.05) is 18.2 Å². The van der Waals surface area contributed by atoms with Crippen LogP contribution in [0.2, 0.25) is 0 Å². The summed E-state index contributed by atoms with van der Waals surface area (Å²) in [5.74, 6) is -1.35. The van der Waals surface area contributed by atoms with Crippen molar-refractivity contribution in [3.05, 3.63) is 89.5 Å². The molecule has 226 valence electrons. The van der Waals surface area contributed by atoms with Gasteiger partial charge in [0.2, 0.25) is 11.8 Å². The molecule has 4 rings (SSSR count). The SMILES string of the molecule is Cc1ccc(NC(=O)[C@H](CCCNC(N)=O)NC(=O)[C@@H](NC(=O)OCC2c3ccccc3-c3ccccc32)C(C)C)cc1. The maximum atomic E-state index is 13.4. The van der Waals surface area contributed by atoms with Gasteiger partial charge in [-0.15, -0.1) is 0 Å². The summed E-state index contributed by atoms with van der Waals surface area (Å²) in [6.07, 6.45) is -0.0945. The molecule has 0 aliphatic heterocycles. The van der Waals surface area contributed by atoms with E-state index in [1.54, 1.807) is 26.0 Å². The number of nitrogens with one attached hydrogen (secondary N) is 4. The van der Waals surface area contributed by atoms with Crippen molar-refractivity contribution in [3.63, 3.8) is 0 Å². The highest BCUT2D eigenvalue weighted by molar-refractivity contribution is 5.98. The van der Waals surface area contributed by atoms with Crippen LogP contribution in [0.15, 0.2) is 72.8 Å². The monoisotopic (exact) mass is 585 g/mol. The van der Waals surface area contributed by atoms with Crippen LogP contribution < -0.4 is 27.0 Å². The average Bonchev–Trinajstić information content (AvgIpc) is 3.30. The van der Waals surface area contributed by atoms with E-state index in [2.05, 4.69) is 33.4 Å². The van der Waals surface area contributed by atoms with Crippen LogP contribution in [0, 0.1) is 12.8 Å². The molecule has 0 saturated carbocycles. The van der Waals surface area contributed by atoms with Crippen molar-refractivity contribution >= 4 is 29.6 Å². The van der Waals surface area contributed by atoms with E-state index in [9.17, 15) is 19.2 Å². The third-order valence-electron chi connectivity index (χ3n) is 7.49. The number of amides is 5. The maximum Gasteiger partial charge on any atom is 0.407 e. The highest BCUT2D eigenvalue weighted by Gasteiger charge is 2.32. The summed E-state index contributed by atoms with van der Waals surface area (Å²) < 4.78 is 5.65. The number of carbonyl (C=O) groups excluding carboxylic acids is 4. The van der Waals surface area contributed by atoms with Crippen LogP contribution in [0.3, 0.4) is 0 Å². The number of hydrogen-bond acceptors (Lipinski definition) is 5. The molecular weight excluding hydrogens is 546 g/mol. The molecule has 0 aromatic heterocycles. The Morgan fingerprint density at radius 3 is 2.02 bits per heavy atom. The van der Waals surface area contributed by atoms with E-state index < -0.39 is 36.0 Å². The van der Waals surface area contributed by atoms with E-state index in [1.807, 2.05) is 55.5 Å².